The van der Waals surface area contributed by atoms with Gasteiger partial charge in [0.25, 0.3) is 5.92 Å². The topological polar surface area (TPSA) is 58.2 Å². The number of ether oxygens (including phenoxy) is 1. The molecular weight excluding hydrogens is 408 g/mol. The molecule has 0 unspecified atom stereocenters. The molecule has 8 heteroatoms. The fraction of sp³-hybridized carbons (Fsp3) is 0.444. The van der Waals surface area contributed by atoms with Gasteiger partial charge < -0.3 is 9.72 Å². The zero-order valence-corrected chi connectivity index (χ0v) is 16.7. The first-order valence-corrected chi connectivity index (χ1v) is 8.88. The Hall–Kier alpha value is -1.96. The Morgan fingerprint density at radius 3 is 2.38 bits per heavy atom. The number of hydrogen-bond donors (Lipinski definition) is 1. The van der Waals surface area contributed by atoms with E-state index in [2.05, 4.69) is 25.9 Å². The van der Waals surface area contributed by atoms with Gasteiger partial charge in [-0.05, 0) is 38.5 Å². The van der Waals surface area contributed by atoms with Crippen molar-refractivity contribution >= 4 is 22.0 Å². The molecule has 0 spiro atoms. The minimum Gasteiger partial charge on any atom is -0.444 e. The summed E-state index contributed by atoms with van der Waals surface area (Å²) in [6, 6.07) is 7.57. The van der Waals surface area contributed by atoms with Crippen LogP contribution in [0.4, 0.5) is 13.6 Å². The van der Waals surface area contributed by atoms with Crippen molar-refractivity contribution in [1.82, 2.24) is 14.9 Å². The number of nitrogens with one attached hydrogen (secondary N) is 1. The van der Waals surface area contributed by atoms with E-state index in [9.17, 15) is 13.6 Å². The van der Waals surface area contributed by atoms with Gasteiger partial charge in [-0.3, -0.25) is 4.90 Å². The van der Waals surface area contributed by atoms with E-state index in [4.69, 9.17) is 4.74 Å². The first-order chi connectivity index (χ1) is 11.9. The van der Waals surface area contributed by atoms with Crippen LogP contribution in [0.2, 0.25) is 0 Å². The van der Waals surface area contributed by atoms with E-state index < -0.39 is 24.2 Å². The number of halogens is 3. The highest BCUT2D eigenvalue weighted by molar-refractivity contribution is 9.10. The Balaban J connectivity index is 2.17. The monoisotopic (exact) mass is 429 g/mol. The van der Waals surface area contributed by atoms with Gasteiger partial charge in [-0.1, -0.05) is 28.1 Å². The summed E-state index contributed by atoms with van der Waals surface area (Å²) in [4.78, 5) is 20.5. The van der Waals surface area contributed by atoms with Gasteiger partial charge in [0.05, 0.1) is 25.0 Å². The molecule has 0 saturated carbocycles. The molecule has 0 bridgehead atoms. The highest BCUT2D eigenvalue weighted by Gasteiger charge is 2.31. The smallest absolute Gasteiger partial charge is 0.410 e. The van der Waals surface area contributed by atoms with E-state index in [1.165, 1.54) is 0 Å². The number of alkyl halides is 2. The maximum Gasteiger partial charge on any atom is 0.410 e. The van der Waals surface area contributed by atoms with Crippen molar-refractivity contribution in [2.75, 3.05) is 6.54 Å². The number of aromatic amines is 1. The maximum absolute atomic E-state index is 13.5. The zero-order valence-electron chi connectivity index (χ0n) is 15.1. The molecule has 0 fully saturated rings. The number of aromatic nitrogens is 2. The van der Waals surface area contributed by atoms with Gasteiger partial charge in [0.1, 0.15) is 11.4 Å². The van der Waals surface area contributed by atoms with Crippen LogP contribution in [0, 0.1) is 0 Å². The first kappa shape index (κ1) is 20.4. The highest BCUT2D eigenvalue weighted by atomic mass is 79.9. The van der Waals surface area contributed by atoms with Crippen LogP contribution in [0.25, 0.3) is 11.3 Å². The number of imidazole rings is 1. The third kappa shape index (κ3) is 6.40. The standard InChI is InChI=1S/C18H22BrF2N3O2/c1-17(2,3)26-16(25)24(11-18(4,20)21)10-15-22-9-14(23-15)12-5-7-13(19)8-6-12/h5-9H,10-11H2,1-4H3,(H,22,23). The van der Waals surface area contributed by atoms with Crippen LogP contribution in [-0.2, 0) is 11.3 Å². The molecule has 26 heavy (non-hydrogen) atoms. The normalized spacial score (nSPS) is 12.1. The lowest BCUT2D eigenvalue weighted by atomic mass is 10.2. The summed E-state index contributed by atoms with van der Waals surface area (Å²) in [6.07, 6.45) is 0.802. The summed E-state index contributed by atoms with van der Waals surface area (Å²) in [5.41, 5.74) is 0.862. The van der Waals surface area contributed by atoms with E-state index >= 15 is 0 Å². The van der Waals surface area contributed by atoms with E-state index in [0.717, 1.165) is 27.6 Å². The maximum atomic E-state index is 13.5. The fourth-order valence-electron chi connectivity index (χ4n) is 2.25. The number of carbonyl (C=O) groups excluding carboxylic acids is 1. The average molecular weight is 430 g/mol. The van der Waals surface area contributed by atoms with Crippen molar-refractivity contribution in [2.24, 2.45) is 0 Å². The molecule has 1 aromatic carbocycles. The Labute approximate surface area is 159 Å². The molecule has 0 aliphatic rings. The molecule has 0 aliphatic heterocycles. The van der Waals surface area contributed by atoms with Gasteiger partial charge in [0.2, 0.25) is 0 Å². The minimum atomic E-state index is -3.04. The molecule has 142 valence electrons. The fourth-order valence-corrected chi connectivity index (χ4v) is 2.51. The number of rotatable bonds is 5. The molecule has 2 aromatic rings. The summed E-state index contributed by atoms with van der Waals surface area (Å²) in [7, 11) is 0. The van der Waals surface area contributed by atoms with Crippen molar-refractivity contribution in [3.05, 3.63) is 40.8 Å². The Morgan fingerprint density at radius 1 is 1.23 bits per heavy atom. The third-order valence-electron chi connectivity index (χ3n) is 3.24. The van der Waals surface area contributed by atoms with Crippen molar-refractivity contribution in [1.29, 1.82) is 0 Å². The van der Waals surface area contributed by atoms with E-state index in [1.54, 1.807) is 27.0 Å². The second-order valence-electron chi connectivity index (χ2n) is 7.16. The molecule has 1 aromatic heterocycles. The third-order valence-corrected chi connectivity index (χ3v) is 3.77. The number of carbonyl (C=O) groups is 1. The predicted molar refractivity (Wildman–Crippen MR) is 99.0 cm³/mol. The molecule has 1 amide bonds. The van der Waals surface area contributed by atoms with Gasteiger partial charge in [-0.25, -0.2) is 18.6 Å². The van der Waals surface area contributed by atoms with Gasteiger partial charge in [-0.2, -0.15) is 0 Å². The van der Waals surface area contributed by atoms with E-state index in [-0.39, 0.29) is 6.54 Å². The minimum absolute atomic E-state index is 0.102. The molecule has 2 rings (SSSR count). The van der Waals surface area contributed by atoms with Gasteiger partial charge in [0.15, 0.2) is 0 Å². The lowest BCUT2D eigenvalue weighted by molar-refractivity contribution is -0.0324. The van der Waals surface area contributed by atoms with Crippen LogP contribution >= 0.6 is 15.9 Å². The molecule has 5 nitrogen and oxygen atoms in total. The van der Waals surface area contributed by atoms with Gasteiger partial charge >= 0.3 is 6.09 Å². The Bertz CT molecular complexity index is 749. The molecular formula is C18H22BrF2N3O2. The Kier molecular flexibility index (Phi) is 6.05. The summed E-state index contributed by atoms with van der Waals surface area (Å²) >= 11 is 3.37. The van der Waals surface area contributed by atoms with Crippen LogP contribution in [0.3, 0.4) is 0 Å². The number of nitrogens with zero attached hydrogens (tertiary/aromatic N) is 2. The average Bonchev–Trinajstić information content (AvgIpc) is 2.92. The SMILES string of the molecule is CC(F)(F)CN(Cc1ncc(-c2ccc(Br)cc2)[nH]1)C(=O)OC(C)(C)C. The van der Waals surface area contributed by atoms with Crippen LogP contribution in [0.5, 0.6) is 0 Å². The molecule has 0 radical (unpaired) electrons. The second-order valence-corrected chi connectivity index (χ2v) is 8.07. The lowest BCUT2D eigenvalue weighted by Gasteiger charge is -2.28. The van der Waals surface area contributed by atoms with Crippen LogP contribution in [0.1, 0.15) is 33.5 Å². The van der Waals surface area contributed by atoms with Crippen LogP contribution in [-0.4, -0.2) is 39.0 Å². The summed E-state index contributed by atoms with van der Waals surface area (Å²) in [5.74, 6) is -2.64. The molecule has 1 N–H and O–H groups in total. The first-order valence-electron chi connectivity index (χ1n) is 8.08. The number of amides is 1. The summed E-state index contributed by atoms with van der Waals surface area (Å²) < 4.78 is 33.2. The number of hydrogen-bond acceptors (Lipinski definition) is 3. The van der Waals surface area contributed by atoms with Crippen molar-refractivity contribution in [3.8, 4) is 11.3 Å². The second kappa shape index (κ2) is 7.73. The summed E-state index contributed by atoms with van der Waals surface area (Å²) in [5, 5.41) is 0. The largest absolute Gasteiger partial charge is 0.444 e. The Morgan fingerprint density at radius 2 is 1.85 bits per heavy atom. The molecule has 0 atom stereocenters. The van der Waals surface area contributed by atoms with Gasteiger partial charge in [-0.15, -0.1) is 0 Å². The highest BCUT2D eigenvalue weighted by Crippen LogP contribution is 2.22. The van der Waals surface area contributed by atoms with Gasteiger partial charge in [0, 0.05) is 11.4 Å². The lowest BCUT2D eigenvalue weighted by Crippen LogP contribution is -2.42. The quantitative estimate of drug-likeness (QED) is 0.707. The van der Waals surface area contributed by atoms with Crippen molar-refractivity contribution in [3.63, 3.8) is 0 Å². The number of benzene rings is 1. The molecule has 0 saturated heterocycles. The van der Waals surface area contributed by atoms with E-state index in [1.807, 2.05) is 24.3 Å². The van der Waals surface area contributed by atoms with Crippen molar-refractivity contribution in [2.45, 2.75) is 45.8 Å². The molecule has 1 heterocycles. The zero-order chi connectivity index (χ0) is 19.5. The van der Waals surface area contributed by atoms with Crippen LogP contribution < -0.4 is 0 Å². The van der Waals surface area contributed by atoms with E-state index in [0.29, 0.717) is 5.82 Å². The predicted octanol–water partition coefficient (Wildman–Crippen LogP) is 5.23. The molecule has 0 aliphatic carbocycles. The summed E-state index contributed by atoms with van der Waals surface area (Å²) in [6.45, 7) is 4.97. The van der Waals surface area contributed by atoms with Crippen molar-refractivity contribution < 1.29 is 18.3 Å². The number of H-pyrrole nitrogens is 1. The van der Waals surface area contributed by atoms with Crippen LogP contribution in [0.15, 0.2) is 34.9 Å².